The quantitative estimate of drug-likeness (QED) is 0.329. The van der Waals surface area contributed by atoms with Crippen molar-refractivity contribution in [2.75, 3.05) is 19.6 Å². The van der Waals surface area contributed by atoms with Gasteiger partial charge in [0.2, 0.25) is 11.8 Å². The van der Waals surface area contributed by atoms with Crippen molar-refractivity contribution < 1.29 is 19.5 Å². The van der Waals surface area contributed by atoms with Crippen LogP contribution in [0.4, 0.5) is 0 Å². The summed E-state index contributed by atoms with van der Waals surface area (Å²) >= 11 is 0. The van der Waals surface area contributed by atoms with E-state index in [0.29, 0.717) is 24.8 Å². The van der Waals surface area contributed by atoms with Crippen LogP contribution in [0.2, 0.25) is 0 Å². The van der Waals surface area contributed by atoms with Crippen LogP contribution in [0.3, 0.4) is 0 Å². The van der Waals surface area contributed by atoms with Crippen LogP contribution >= 0.6 is 0 Å². The van der Waals surface area contributed by atoms with E-state index in [2.05, 4.69) is 29.8 Å². The average molecular weight is 413 g/mol. The second kappa shape index (κ2) is 12.2. The number of piperidine rings is 1. The number of rotatable bonds is 11. The summed E-state index contributed by atoms with van der Waals surface area (Å²) < 4.78 is 0. The Labute approximate surface area is 174 Å². The summed E-state index contributed by atoms with van der Waals surface area (Å²) in [7, 11) is 0. The number of aliphatic hydroxyl groups is 1. The van der Waals surface area contributed by atoms with Gasteiger partial charge in [-0.25, -0.2) is 0 Å². The number of hydrogen-bond acceptors (Lipinski definition) is 6. The molecule has 0 aromatic rings. The lowest BCUT2D eigenvalue weighted by Gasteiger charge is -2.32. The molecule has 8 nitrogen and oxygen atoms in total. The normalized spacial score (nSPS) is 22.8. The molecule has 168 valence electrons. The van der Waals surface area contributed by atoms with Crippen LogP contribution in [0, 0.1) is 23.7 Å². The molecule has 0 aliphatic carbocycles. The number of ketones is 1. The summed E-state index contributed by atoms with van der Waals surface area (Å²) in [6, 6.07) is -1.84. The molecule has 1 rings (SSSR count). The first-order valence-corrected chi connectivity index (χ1v) is 10.8. The number of nitrogens with one attached hydrogen (secondary N) is 3. The topological polar surface area (TPSA) is 134 Å². The van der Waals surface area contributed by atoms with Crippen molar-refractivity contribution in [3.05, 3.63) is 0 Å². The Bertz CT molecular complexity index is 551. The van der Waals surface area contributed by atoms with Crippen molar-refractivity contribution in [2.45, 2.75) is 72.1 Å². The first kappa shape index (κ1) is 25.5. The van der Waals surface area contributed by atoms with Crippen molar-refractivity contribution in [3.8, 4) is 0 Å². The lowest BCUT2D eigenvalue weighted by atomic mass is 9.84. The van der Waals surface area contributed by atoms with Crippen LogP contribution in [0.25, 0.3) is 0 Å². The van der Waals surface area contributed by atoms with Crippen LogP contribution in [-0.2, 0) is 14.4 Å². The van der Waals surface area contributed by atoms with Gasteiger partial charge in [0.05, 0.1) is 18.1 Å². The summed E-state index contributed by atoms with van der Waals surface area (Å²) in [5.74, 6) is -0.474. The van der Waals surface area contributed by atoms with Gasteiger partial charge in [-0.2, -0.15) is 0 Å². The average Bonchev–Trinajstić information content (AvgIpc) is 2.64. The maximum atomic E-state index is 12.8. The molecule has 0 spiro atoms. The minimum atomic E-state index is -1.12. The molecule has 0 aromatic heterocycles. The summed E-state index contributed by atoms with van der Waals surface area (Å²) in [4.78, 5) is 37.8. The van der Waals surface area contributed by atoms with Gasteiger partial charge in [-0.05, 0) is 51.1 Å². The van der Waals surface area contributed by atoms with Gasteiger partial charge in [0.25, 0.3) is 0 Å². The molecule has 1 saturated heterocycles. The fourth-order valence-electron chi connectivity index (χ4n) is 3.87. The molecule has 0 saturated carbocycles. The van der Waals surface area contributed by atoms with E-state index < -0.39 is 24.1 Å². The van der Waals surface area contributed by atoms with E-state index in [9.17, 15) is 19.5 Å². The van der Waals surface area contributed by atoms with Gasteiger partial charge >= 0.3 is 0 Å². The van der Waals surface area contributed by atoms with Crippen molar-refractivity contribution in [1.29, 1.82) is 0 Å². The molecule has 2 amide bonds. The molecule has 0 unspecified atom stereocenters. The van der Waals surface area contributed by atoms with Gasteiger partial charge in [0.15, 0.2) is 5.78 Å². The van der Waals surface area contributed by atoms with Gasteiger partial charge in [0, 0.05) is 12.5 Å². The highest BCUT2D eigenvalue weighted by atomic mass is 16.3. The lowest BCUT2D eigenvalue weighted by molar-refractivity contribution is -0.136. The number of Topliss-reactive ketones (excluding diaryl/α,β-unsaturated/α-hetero) is 1. The Balaban J connectivity index is 2.76. The zero-order valence-electron chi connectivity index (χ0n) is 18.5. The van der Waals surface area contributed by atoms with Gasteiger partial charge in [-0.15, -0.1) is 0 Å². The highest BCUT2D eigenvalue weighted by Gasteiger charge is 2.33. The third kappa shape index (κ3) is 8.40. The molecule has 0 radical (unpaired) electrons. The Hall–Kier alpha value is -1.51. The molecular weight excluding hydrogens is 372 g/mol. The maximum absolute atomic E-state index is 12.8. The predicted molar refractivity (Wildman–Crippen MR) is 113 cm³/mol. The molecule has 0 aromatic carbocycles. The Morgan fingerprint density at radius 3 is 2.28 bits per heavy atom. The smallest absolute Gasteiger partial charge is 0.245 e. The van der Waals surface area contributed by atoms with E-state index in [1.165, 1.54) is 6.92 Å². The molecule has 6 N–H and O–H groups in total. The monoisotopic (exact) mass is 412 g/mol. The van der Waals surface area contributed by atoms with E-state index in [-0.39, 0.29) is 30.1 Å². The maximum Gasteiger partial charge on any atom is 0.245 e. The number of amides is 2. The van der Waals surface area contributed by atoms with Gasteiger partial charge < -0.3 is 26.8 Å². The Morgan fingerprint density at radius 1 is 1.10 bits per heavy atom. The molecule has 0 bridgehead atoms. The molecule has 8 heteroatoms. The third-order valence-corrected chi connectivity index (χ3v) is 5.36. The number of nitrogens with two attached hydrogens (primary N) is 1. The Kier molecular flexibility index (Phi) is 10.8. The summed E-state index contributed by atoms with van der Waals surface area (Å²) in [5, 5.41) is 18.7. The highest BCUT2D eigenvalue weighted by molar-refractivity contribution is 5.94. The molecule has 1 fully saturated rings. The van der Waals surface area contributed by atoms with E-state index in [1.54, 1.807) is 13.8 Å². The summed E-state index contributed by atoms with van der Waals surface area (Å²) in [6.07, 6.45) is 1.02. The van der Waals surface area contributed by atoms with Crippen LogP contribution in [-0.4, -0.2) is 60.5 Å². The van der Waals surface area contributed by atoms with Crippen LogP contribution in [0.5, 0.6) is 0 Å². The molecule has 1 heterocycles. The number of carbonyl (C=O) groups excluding carboxylic acids is 3. The van der Waals surface area contributed by atoms with Gasteiger partial charge in [-0.1, -0.05) is 27.7 Å². The first-order valence-electron chi connectivity index (χ1n) is 10.8. The highest BCUT2D eigenvalue weighted by Crippen LogP contribution is 2.23. The number of hydrogen-bond donors (Lipinski definition) is 5. The van der Waals surface area contributed by atoms with Crippen LogP contribution < -0.4 is 21.7 Å². The van der Waals surface area contributed by atoms with E-state index in [1.807, 2.05) is 0 Å². The van der Waals surface area contributed by atoms with Crippen molar-refractivity contribution in [3.63, 3.8) is 0 Å². The Morgan fingerprint density at radius 2 is 1.76 bits per heavy atom. The van der Waals surface area contributed by atoms with Crippen LogP contribution in [0.15, 0.2) is 0 Å². The lowest BCUT2D eigenvalue weighted by Crippen LogP contribution is -2.58. The fourth-order valence-corrected chi connectivity index (χ4v) is 3.87. The minimum absolute atomic E-state index is 0.118. The third-order valence-electron chi connectivity index (χ3n) is 5.36. The standard InChI is InChI=1S/C21H40N4O4/c1-12(2)8-15-9-16(11-23-10-15)20(28)25-18(14(5)26)21(29)24-17(6-7-22)19(27)13(3)4/h12-18,23,26H,6-11,22H2,1-5H3,(H,24,29)(H,25,28)/t14-,15+,16-,17-,18-/m0/s1. The largest absolute Gasteiger partial charge is 0.391 e. The zero-order chi connectivity index (χ0) is 22.1. The van der Waals surface area contributed by atoms with E-state index in [0.717, 1.165) is 19.4 Å². The van der Waals surface area contributed by atoms with E-state index >= 15 is 0 Å². The predicted octanol–water partition coefficient (Wildman–Crippen LogP) is 0.183. The molecule has 1 aliphatic rings. The second-order valence-corrected chi connectivity index (χ2v) is 9.01. The minimum Gasteiger partial charge on any atom is -0.391 e. The second-order valence-electron chi connectivity index (χ2n) is 9.01. The summed E-state index contributed by atoms with van der Waals surface area (Å²) in [5.41, 5.74) is 5.57. The molecule has 29 heavy (non-hydrogen) atoms. The van der Waals surface area contributed by atoms with Crippen LogP contribution in [0.1, 0.15) is 53.9 Å². The van der Waals surface area contributed by atoms with Crippen molar-refractivity contribution >= 4 is 17.6 Å². The summed E-state index contributed by atoms with van der Waals surface area (Å²) in [6.45, 7) is 11.0. The van der Waals surface area contributed by atoms with Crippen molar-refractivity contribution in [1.82, 2.24) is 16.0 Å². The molecular formula is C21H40N4O4. The molecule has 1 aliphatic heterocycles. The SMILES string of the molecule is CC(C)C[C@H]1CNC[C@@H](C(=O)N[C@H](C(=O)N[C@@H](CCN)C(=O)C(C)C)[C@H](C)O)C1. The first-order chi connectivity index (χ1) is 13.6. The van der Waals surface area contributed by atoms with Crippen molar-refractivity contribution in [2.24, 2.45) is 29.4 Å². The number of carbonyl (C=O) groups is 3. The van der Waals surface area contributed by atoms with E-state index in [4.69, 9.17) is 5.73 Å². The van der Waals surface area contributed by atoms with Gasteiger partial charge in [0.1, 0.15) is 6.04 Å². The van der Waals surface area contributed by atoms with Gasteiger partial charge in [-0.3, -0.25) is 14.4 Å². The molecule has 5 atom stereocenters. The zero-order valence-corrected chi connectivity index (χ0v) is 18.5. The fraction of sp³-hybridized carbons (Fsp3) is 0.857. The number of aliphatic hydroxyl groups excluding tert-OH is 1.